The second-order valence-corrected chi connectivity index (χ2v) is 10.1. The molecule has 0 spiro atoms. The summed E-state index contributed by atoms with van der Waals surface area (Å²) in [5.74, 6) is 0.275. The molecule has 0 radical (unpaired) electrons. The Morgan fingerprint density at radius 1 is 1.29 bits per heavy atom. The highest BCUT2D eigenvalue weighted by Crippen LogP contribution is 2.40. The van der Waals surface area contributed by atoms with Gasteiger partial charge in [-0.25, -0.2) is 9.59 Å². The number of anilines is 1. The topological polar surface area (TPSA) is 96.4 Å². The summed E-state index contributed by atoms with van der Waals surface area (Å²) >= 11 is 1.47. The zero-order valence-corrected chi connectivity index (χ0v) is 20.8. The summed E-state index contributed by atoms with van der Waals surface area (Å²) in [6, 6.07) is 1.54. The van der Waals surface area contributed by atoms with Crippen LogP contribution in [0, 0.1) is 5.41 Å². The maximum atomic E-state index is 11.9. The summed E-state index contributed by atoms with van der Waals surface area (Å²) in [4.78, 5) is 27.5. The molecule has 182 valence electrons. The first-order valence-electron chi connectivity index (χ1n) is 11.4. The Balaban J connectivity index is 1.38. The number of thioether (sulfide) groups is 1. The molecular weight excluding hydrogens is 450 g/mol. The van der Waals surface area contributed by atoms with Gasteiger partial charge in [-0.15, -0.1) is 11.8 Å². The fourth-order valence-electron chi connectivity index (χ4n) is 4.07. The van der Waals surface area contributed by atoms with Crippen molar-refractivity contribution in [1.82, 2.24) is 9.55 Å². The SMILES string of the molecule is CC1=C(/C=C/C=C/C=C/C=C/C(=O)OCC2OC(n3ccc(N)nc3=O)CS2)C(C)(C)CCC1. The molecule has 1 aromatic heterocycles. The monoisotopic (exact) mass is 483 g/mol. The molecule has 1 aliphatic carbocycles. The minimum absolute atomic E-state index is 0.0987. The van der Waals surface area contributed by atoms with Gasteiger partial charge in [0.15, 0.2) is 0 Å². The summed E-state index contributed by atoms with van der Waals surface area (Å²) in [6.45, 7) is 6.93. The molecule has 1 aliphatic heterocycles. The molecule has 0 bridgehead atoms. The maximum Gasteiger partial charge on any atom is 0.351 e. The molecule has 7 nitrogen and oxygen atoms in total. The van der Waals surface area contributed by atoms with E-state index >= 15 is 0 Å². The van der Waals surface area contributed by atoms with Crippen LogP contribution in [0.2, 0.25) is 0 Å². The number of nitrogens with zero attached hydrogens (tertiary/aromatic N) is 2. The van der Waals surface area contributed by atoms with E-state index in [0.29, 0.717) is 5.75 Å². The molecule has 0 aromatic carbocycles. The number of carbonyl (C=O) groups is 1. The lowest BCUT2D eigenvalue weighted by Crippen LogP contribution is -2.29. The third-order valence-electron chi connectivity index (χ3n) is 5.85. The first kappa shape index (κ1) is 25.8. The maximum absolute atomic E-state index is 11.9. The number of esters is 1. The number of allylic oxidation sites excluding steroid dienone is 9. The molecule has 1 aromatic rings. The largest absolute Gasteiger partial charge is 0.459 e. The first-order chi connectivity index (χ1) is 16.3. The molecule has 0 amide bonds. The average Bonchev–Trinajstić information content (AvgIpc) is 3.24. The van der Waals surface area contributed by atoms with Gasteiger partial charge in [-0.05, 0) is 43.2 Å². The van der Waals surface area contributed by atoms with Gasteiger partial charge in [-0.1, -0.05) is 62.0 Å². The van der Waals surface area contributed by atoms with Gasteiger partial charge in [0, 0.05) is 18.0 Å². The number of nitrogens with two attached hydrogens (primary N) is 1. The van der Waals surface area contributed by atoms with Crippen molar-refractivity contribution in [3.63, 3.8) is 0 Å². The van der Waals surface area contributed by atoms with Crippen LogP contribution in [0.5, 0.6) is 0 Å². The molecule has 1 saturated heterocycles. The van der Waals surface area contributed by atoms with Gasteiger partial charge >= 0.3 is 11.7 Å². The third kappa shape index (κ3) is 7.33. The molecule has 3 rings (SSSR count). The van der Waals surface area contributed by atoms with Crippen molar-refractivity contribution in [2.75, 3.05) is 18.1 Å². The van der Waals surface area contributed by atoms with Gasteiger partial charge in [0.25, 0.3) is 0 Å². The highest BCUT2D eigenvalue weighted by atomic mass is 32.2. The van der Waals surface area contributed by atoms with E-state index < -0.39 is 17.9 Å². The second kappa shape index (κ2) is 12.0. The van der Waals surface area contributed by atoms with Crippen molar-refractivity contribution in [2.24, 2.45) is 5.41 Å². The summed E-state index contributed by atoms with van der Waals surface area (Å²) in [6.07, 6.45) is 19.6. The lowest BCUT2D eigenvalue weighted by Gasteiger charge is -2.32. The van der Waals surface area contributed by atoms with Gasteiger partial charge in [-0.3, -0.25) is 4.57 Å². The zero-order valence-electron chi connectivity index (χ0n) is 20.0. The van der Waals surface area contributed by atoms with Gasteiger partial charge in [0.2, 0.25) is 0 Å². The molecular formula is C26H33N3O4S. The van der Waals surface area contributed by atoms with Crippen LogP contribution in [0.15, 0.2) is 76.8 Å². The Morgan fingerprint density at radius 3 is 2.76 bits per heavy atom. The summed E-state index contributed by atoms with van der Waals surface area (Å²) in [5, 5.41) is 0. The van der Waals surface area contributed by atoms with Crippen LogP contribution in [-0.4, -0.2) is 33.3 Å². The number of rotatable bonds is 8. The predicted octanol–water partition coefficient (Wildman–Crippen LogP) is 4.71. The van der Waals surface area contributed by atoms with E-state index in [9.17, 15) is 9.59 Å². The Bertz CT molecular complexity index is 1080. The summed E-state index contributed by atoms with van der Waals surface area (Å²) < 4.78 is 12.4. The van der Waals surface area contributed by atoms with E-state index in [1.54, 1.807) is 24.4 Å². The van der Waals surface area contributed by atoms with Crippen LogP contribution in [0.25, 0.3) is 0 Å². The van der Waals surface area contributed by atoms with Crippen LogP contribution < -0.4 is 11.4 Å². The number of hydrogen-bond donors (Lipinski definition) is 1. The number of nitrogen functional groups attached to an aromatic ring is 1. The van der Waals surface area contributed by atoms with Crippen molar-refractivity contribution in [1.29, 1.82) is 0 Å². The minimum atomic E-state index is -0.465. The summed E-state index contributed by atoms with van der Waals surface area (Å²) in [5.41, 5.74) is 7.85. The van der Waals surface area contributed by atoms with Gasteiger partial charge in [0.1, 0.15) is 24.1 Å². The van der Waals surface area contributed by atoms with Crippen molar-refractivity contribution in [3.05, 3.63) is 82.5 Å². The molecule has 2 atom stereocenters. The van der Waals surface area contributed by atoms with E-state index in [4.69, 9.17) is 15.2 Å². The van der Waals surface area contributed by atoms with E-state index in [0.717, 1.165) is 0 Å². The molecule has 0 saturated carbocycles. The Labute approximate surface area is 205 Å². The van der Waals surface area contributed by atoms with Crippen molar-refractivity contribution < 1.29 is 14.3 Å². The highest BCUT2D eigenvalue weighted by molar-refractivity contribution is 8.00. The van der Waals surface area contributed by atoms with Gasteiger partial charge in [-0.2, -0.15) is 4.98 Å². The number of ether oxygens (including phenoxy) is 2. The Morgan fingerprint density at radius 2 is 2.03 bits per heavy atom. The molecule has 2 unspecified atom stereocenters. The van der Waals surface area contributed by atoms with E-state index in [1.807, 2.05) is 18.2 Å². The number of carbonyl (C=O) groups excluding carboxylic acids is 1. The fourth-order valence-corrected chi connectivity index (χ4v) is 5.06. The zero-order chi connectivity index (χ0) is 24.6. The minimum Gasteiger partial charge on any atom is -0.459 e. The first-order valence-corrected chi connectivity index (χ1v) is 12.5. The molecule has 2 heterocycles. The molecule has 1 fully saturated rings. The van der Waals surface area contributed by atoms with E-state index in [2.05, 4.69) is 37.9 Å². The van der Waals surface area contributed by atoms with Gasteiger partial charge < -0.3 is 15.2 Å². The average molecular weight is 484 g/mol. The van der Waals surface area contributed by atoms with Crippen molar-refractivity contribution in [3.8, 4) is 0 Å². The molecule has 2 aliphatic rings. The van der Waals surface area contributed by atoms with Gasteiger partial charge in [0.05, 0.1) is 0 Å². The second-order valence-electron chi connectivity index (χ2n) is 8.95. The number of hydrogen-bond acceptors (Lipinski definition) is 7. The van der Waals surface area contributed by atoms with Crippen LogP contribution in [0.3, 0.4) is 0 Å². The van der Waals surface area contributed by atoms with Crippen LogP contribution in [0.4, 0.5) is 5.82 Å². The Kier molecular flexibility index (Phi) is 9.12. The lowest BCUT2D eigenvalue weighted by molar-refractivity contribution is -0.141. The predicted molar refractivity (Wildman–Crippen MR) is 137 cm³/mol. The van der Waals surface area contributed by atoms with E-state index in [-0.39, 0.29) is 23.3 Å². The summed E-state index contributed by atoms with van der Waals surface area (Å²) in [7, 11) is 0. The van der Waals surface area contributed by atoms with E-state index in [1.165, 1.54) is 52.8 Å². The van der Waals surface area contributed by atoms with Crippen molar-refractivity contribution in [2.45, 2.75) is 51.7 Å². The van der Waals surface area contributed by atoms with Crippen molar-refractivity contribution >= 4 is 23.5 Å². The van der Waals surface area contributed by atoms with Crippen LogP contribution in [-0.2, 0) is 14.3 Å². The normalized spacial score (nSPS) is 23.1. The molecule has 2 N–H and O–H groups in total. The molecule has 34 heavy (non-hydrogen) atoms. The Hall–Kier alpha value is -2.84. The highest BCUT2D eigenvalue weighted by Gasteiger charge is 2.29. The standard InChI is InChI=1S/C26H33N3O4S/c1-19-11-10-15-26(2,3)20(19)12-8-6-4-5-7-9-13-23(30)32-17-24-33-22(18-34-24)29-16-14-21(27)28-25(29)31/h4-9,12-14,16,22,24H,10-11,15,17-18H2,1-3H3,(H2,27,28,31)/b6-4+,7-5+,12-8+,13-9+. The number of aromatic nitrogens is 2. The van der Waals surface area contributed by atoms with Crippen LogP contribution in [0.1, 0.15) is 46.3 Å². The fraction of sp³-hybridized carbons (Fsp3) is 0.423. The quantitative estimate of drug-likeness (QED) is 0.325. The smallest absolute Gasteiger partial charge is 0.351 e. The molecule has 8 heteroatoms. The lowest BCUT2D eigenvalue weighted by atomic mass is 9.73. The van der Waals surface area contributed by atoms with Crippen LogP contribution >= 0.6 is 11.8 Å². The third-order valence-corrected chi connectivity index (χ3v) is 6.95.